The fourth-order valence-corrected chi connectivity index (χ4v) is 1.76. The van der Waals surface area contributed by atoms with Gasteiger partial charge in [0.1, 0.15) is 18.2 Å². The predicted molar refractivity (Wildman–Crippen MR) is 70.9 cm³/mol. The Morgan fingerprint density at radius 3 is 2.79 bits per heavy atom. The normalized spacial score (nSPS) is 10.5. The van der Waals surface area contributed by atoms with Crippen LogP contribution in [0.15, 0.2) is 53.5 Å². The average Bonchev–Trinajstić information content (AvgIpc) is 2.46. The van der Waals surface area contributed by atoms with Gasteiger partial charge in [-0.1, -0.05) is 18.2 Å². The molecule has 0 aliphatic rings. The summed E-state index contributed by atoms with van der Waals surface area (Å²) in [6.45, 7) is 0.212. The highest BCUT2D eigenvalue weighted by atomic mass is 16.5. The molecule has 0 radical (unpaired) electrons. The zero-order valence-electron chi connectivity index (χ0n) is 10.0. The fraction of sp³-hybridized carbons (Fsp3) is 0.0714. The van der Waals surface area contributed by atoms with Crippen LogP contribution in [-0.2, 0) is 6.61 Å². The zero-order chi connectivity index (χ0) is 13.1. The number of hydrogen-bond donors (Lipinski definition) is 1. The molecule has 0 fully saturated rings. The largest absolute Gasteiger partial charge is 0.486 e. The summed E-state index contributed by atoms with van der Waals surface area (Å²) in [5.41, 5.74) is 0.654. The highest BCUT2D eigenvalue weighted by molar-refractivity contribution is 5.72. The van der Waals surface area contributed by atoms with Crippen molar-refractivity contribution in [2.24, 2.45) is 0 Å². The third-order valence-corrected chi connectivity index (χ3v) is 2.63. The Kier molecular flexibility index (Phi) is 2.94. The van der Waals surface area contributed by atoms with Crippen LogP contribution in [0.25, 0.3) is 11.0 Å². The second-order valence-electron chi connectivity index (χ2n) is 3.99. The van der Waals surface area contributed by atoms with Gasteiger partial charge in [-0.05, 0) is 24.3 Å². The summed E-state index contributed by atoms with van der Waals surface area (Å²) in [4.78, 5) is 22.8. The first-order valence-corrected chi connectivity index (χ1v) is 5.85. The van der Waals surface area contributed by atoms with Gasteiger partial charge in [0.25, 0.3) is 5.56 Å². The van der Waals surface area contributed by atoms with E-state index in [0.29, 0.717) is 16.9 Å². The number of nitrogens with zero attached hydrogens (tertiary/aromatic N) is 2. The topological polar surface area (TPSA) is 67.9 Å². The number of ether oxygens (including phenoxy) is 1. The number of fused-ring (bicyclic) bond motifs is 1. The van der Waals surface area contributed by atoms with Crippen molar-refractivity contribution in [3.8, 4) is 5.75 Å². The third-order valence-electron chi connectivity index (χ3n) is 2.63. The van der Waals surface area contributed by atoms with Crippen molar-refractivity contribution in [2.75, 3.05) is 0 Å². The summed E-state index contributed by atoms with van der Waals surface area (Å²) < 4.78 is 5.54. The molecule has 1 N–H and O–H groups in total. The zero-order valence-corrected chi connectivity index (χ0v) is 10.0. The summed E-state index contributed by atoms with van der Waals surface area (Å²) in [5.74, 6) is 1.21. The van der Waals surface area contributed by atoms with Crippen LogP contribution in [0.2, 0.25) is 0 Å². The molecular weight excluding hydrogens is 242 g/mol. The maximum absolute atomic E-state index is 11.8. The van der Waals surface area contributed by atoms with Crippen LogP contribution in [-0.4, -0.2) is 15.0 Å². The van der Waals surface area contributed by atoms with E-state index in [0.717, 1.165) is 5.75 Å². The van der Waals surface area contributed by atoms with Crippen LogP contribution in [0.5, 0.6) is 5.75 Å². The average molecular weight is 253 g/mol. The van der Waals surface area contributed by atoms with Crippen molar-refractivity contribution in [3.63, 3.8) is 0 Å². The highest BCUT2D eigenvalue weighted by Crippen LogP contribution is 2.10. The first-order valence-electron chi connectivity index (χ1n) is 5.85. The molecule has 0 saturated carbocycles. The second kappa shape index (κ2) is 4.89. The Bertz CT molecular complexity index is 753. The number of aromatic nitrogens is 3. The number of rotatable bonds is 3. The molecule has 5 heteroatoms. The van der Waals surface area contributed by atoms with Crippen molar-refractivity contribution in [3.05, 3.63) is 64.8 Å². The smallest absolute Gasteiger partial charge is 0.277 e. The van der Waals surface area contributed by atoms with Gasteiger partial charge in [0, 0.05) is 6.20 Å². The number of hydrogen-bond acceptors (Lipinski definition) is 4. The van der Waals surface area contributed by atoms with E-state index in [1.807, 2.05) is 30.3 Å². The molecule has 94 valence electrons. The summed E-state index contributed by atoms with van der Waals surface area (Å²) in [6.07, 6.45) is 1.57. The summed E-state index contributed by atoms with van der Waals surface area (Å²) in [5, 5.41) is 0. The third kappa shape index (κ3) is 2.44. The van der Waals surface area contributed by atoms with Gasteiger partial charge in [0.05, 0.1) is 5.52 Å². The van der Waals surface area contributed by atoms with Crippen LogP contribution in [0, 0.1) is 0 Å². The number of nitrogens with one attached hydrogen (secondary N) is 1. The fourth-order valence-electron chi connectivity index (χ4n) is 1.76. The van der Waals surface area contributed by atoms with E-state index in [1.165, 1.54) is 0 Å². The lowest BCUT2D eigenvalue weighted by atomic mass is 10.3. The van der Waals surface area contributed by atoms with E-state index >= 15 is 0 Å². The molecule has 3 aromatic rings. The molecule has 0 aliphatic heterocycles. The lowest BCUT2D eigenvalue weighted by molar-refractivity contribution is 0.296. The first-order chi connectivity index (χ1) is 9.33. The van der Waals surface area contributed by atoms with Gasteiger partial charge in [-0.2, -0.15) is 0 Å². The Morgan fingerprint density at radius 2 is 1.95 bits per heavy atom. The Hall–Kier alpha value is -2.69. The van der Waals surface area contributed by atoms with Crippen LogP contribution in [0.1, 0.15) is 5.82 Å². The van der Waals surface area contributed by atoms with Gasteiger partial charge in [0.2, 0.25) is 0 Å². The maximum Gasteiger partial charge on any atom is 0.277 e. The molecule has 0 saturated heterocycles. The molecule has 0 unspecified atom stereocenters. The van der Waals surface area contributed by atoms with Gasteiger partial charge >= 0.3 is 0 Å². The van der Waals surface area contributed by atoms with Crippen LogP contribution in [0.3, 0.4) is 0 Å². The minimum absolute atomic E-state index is 0.212. The molecule has 0 atom stereocenters. The standard InChI is InChI=1S/C14H11N3O2/c18-14-13-11(7-4-8-15-13)16-12(17-14)9-19-10-5-2-1-3-6-10/h1-8H,9H2,(H,16,17,18). The minimum Gasteiger partial charge on any atom is -0.486 e. The first kappa shape index (κ1) is 11.4. The van der Waals surface area contributed by atoms with Crippen molar-refractivity contribution < 1.29 is 4.74 Å². The van der Waals surface area contributed by atoms with Crippen molar-refractivity contribution in [2.45, 2.75) is 6.61 Å². The van der Waals surface area contributed by atoms with E-state index in [9.17, 15) is 4.79 Å². The lowest BCUT2D eigenvalue weighted by Gasteiger charge is -2.05. The van der Waals surface area contributed by atoms with E-state index in [2.05, 4.69) is 15.0 Å². The molecule has 0 aliphatic carbocycles. The summed E-state index contributed by atoms with van der Waals surface area (Å²) in [7, 11) is 0. The Labute approximate surface area is 108 Å². The van der Waals surface area contributed by atoms with Crippen LogP contribution >= 0.6 is 0 Å². The highest BCUT2D eigenvalue weighted by Gasteiger charge is 2.04. The SMILES string of the molecule is O=c1[nH]c(COc2ccccc2)nc2cccnc12. The monoisotopic (exact) mass is 253 g/mol. The van der Waals surface area contributed by atoms with E-state index < -0.39 is 0 Å². The second-order valence-corrected chi connectivity index (χ2v) is 3.99. The van der Waals surface area contributed by atoms with E-state index in [4.69, 9.17) is 4.74 Å². The van der Waals surface area contributed by atoms with Crippen molar-refractivity contribution >= 4 is 11.0 Å². The summed E-state index contributed by atoms with van der Waals surface area (Å²) >= 11 is 0. The minimum atomic E-state index is -0.253. The molecule has 1 aromatic carbocycles. The maximum atomic E-state index is 11.8. The molecule has 0 spiro atoms. The molecule has 2 aromatic heterocycles. The number of H-pyrrole nitrogens is 1. The van der Waals surface area contributed by atoms with Crippen LogP contribution in [0.4, 0.5) is 0 Å². The van der Waals surface area contributed by atoms with Crippen LogP contribution < -0.4 is 10.3 Å². The van der Waals surface area contributed by atoms with Gasteiger partial charge in [-0.25, -0.2) is 9.97 Å². The Balaban J connectivity index is 1.88. The van der Waals surface area contributed by atoms with Crippen molar-refractivity contribution in [1.29, 1.82) is 0 Å². The van der Waals surface area contributed by atoms with Gasteiger partial charge in [0.15, 0.2) is 5.52 Å². The Morgan fingerprint density at radius 1 is 1.11 bits per heavy atom. The molecule has 19 heavy (non-hydrogen) atoms. The number of pyridine rings is 1. The lowest BCUT2D eigenvalue weighted by Crippen LogP contribution is -2.14. The summed E-state index contributed by atoms with van der Waals surface area (Å²) in [6, 6.07) is 12.9. The molecule has 0 amide bonds. The molecule has 3 rings (SSSR count). The molecule has 0 bridgehead atoms. The van der Waals surface area contributed by atoms with Crippen molar-refractivity contribution in [1.82, 2.24) is 15.0 Å². The quantitative estimate of drug-likeness (QED) is 0.774. The van der Waals surface area contributed by atoms with Gasteiger partial charge in [-0.15, -0.1) is 0 Å². The van der Waals surface area contributed by atoms with E-state index in [1.54, 1.807) is 18.3 Å². The van der Waals surface area contributed by atoms with Gasteiger partial charge < -0.3 is 9.72 Å². The number of benzene rings is 1. The van der Waals surface area contributed by atoms with Gasteiger partial charge in [-0.3, -0.25) is 4.79 Å². The predicted octanol–water partition coefficient (Wildman–Crippen LogP) is 1.90. The van der Waals surface area contributed by atoms with E-state index in [-0.39, 0.29) is 12.2 Å². The number of para-hydroxylation sites is 1. The molecule has 2 heterocycles. The molecule has 5 nitrogen and oxygen atoms in total. The molecular formula is C14H11N3O2. The number of aromatic amines is 1.